The van der Waals surface area contributed by atoms with Gasteiger partial charge in [0.15, 0.2) is 5.71 Å². The van der Waals surface area contributed by atoms with E-state index in [0.29, 0.717) is 11.1 Å². The second kappa shape index (κ2) is 10.6. The molecule has 31 heavy (non-hydrogen) atoms. The summed E-state index contributed by atoms with van der Waals surface area (Å²) in [5.41, 5.74) is 0.730. The van der Waals surface area contributed by atoms with Crippen molar-refractivity contribution >= 4 is 40.0 Å². The van der Waals surface area contributed by atoms with Crippen molar-refractivity contribution in [1.82, 2.24) is 0 Å². The molecule has 0 aliphatic heterocycles. The zero-order valence-corrected chi connectivity index (χ0v) is 19.4. The molecule has 0 atom stereocenters. The first-order valence-corrected chi connectivity index (χ1v) is 10.0. The number of ether oxygens (including phenoxy) is 1. The summed E-state index contributed by atoms with van der Waals surface area (Å²) in [5, 5.41) is 7.55. The van der Waals surface area contributed by atoms with Crippen LogP contribution in [-0.2, 0) is 29.7 Å². The van der Waals surface area contributed by atoms with Gasteiger partial charge in [0.05, 0.1) is 12.8 Å². The predicted octanol–water partition coefficient (Wildman–Crippen LogP) is 5.08. The molecule has 0 aliphatic rings. The second-order valence-corrected chi connectivity index (χ2v) is 7.68. The third kappa shape index (κ3) is 5.96. The minimum Gasteiger partial charge on any atom is -0.464 e. The largest absolute Gasteiger partial charge is 0.464 e. The summed E-state index contributed by atoms with van der Waals surface area (Å²) in [7, 11) is 2.50. The van der Waals surface area contributed by atoms with Crippen LogP contribution in [0.1, 0.15) is 34.7 Å². The SMILES string of the molecule is CO/N=C(/C(=O)OC)c1cccc(C)c1CO/N=C(\C)c1c(F)cccc1C(F)(F)I. The quantitative estimate of drug-likeness (QED) is 0.152. The van der Waals surface area contributed by atoms with E-state index >= 15 is 0 Å². The number of carbonyl (C=O) groups excluding carboxylic acids is 1. The highest BCUT2D eigenvalue weighted by molar-refractivity contribution is 14.1. The summed E-state index contributed by atoms with van der Waals surface area (Å²) >= 11 is 0.934. The van der Waals surface area contributed by atoms with Crippen LogP contribution in [0.15, 0.2) is 46.7 Å². The van der Waals surface area contributed by atoms with Crippen molar-refractivity contribution in [2.75, 3.05) is 14.2 Å². The molecule has 166 valence electrons. The fourth-order valence-electron chi connectivity index (χ4n) is 2.87. The van der Waals surface area contributed by atoms with Gasteiger partial charge >= 0.3 is 9.90 Å². The zero-order chi connectivity index (χ0) is 23.2. The third-order valence-corrected chi connectivity index (χ3v) is 4.90. The maximum absolute atomic E-state index is 14.3. The number of benzene rings is 2. The van der Waals surface area contributed by atoms with Crippen LogP contribution in [0.2, 0.25) is 0 Å². The molecule has 0 unspecified atom stereocenters. The summed E-state index contributed by atoms with van der Waals surface area (Å²) in [6.07, 6.45) is 0. The number of carbonyl (C=O) groups is 1. The van der Waals surface area contributed by atoms with E-state index < -0.39 is 21.3 Å². The highest BCUT2D eigenvalue weighted by atomic mass is 127. The molecule has 0 spiro atoms. The van der Waals surface area contributed by atoms with E-state index in [1.54, 1.807) is 25.1 Å². The van der Waals surface area contributed by atoms with Crippen LogP contribution in [0.3, 0.4) is 0 Å². The topological polar surface area (TPSA) is 69.5 Å². The standard InChI is InChI=1S/C21H20F3IN2O4/c1-12-7-5-8-14(19(27-30-4)20(28)29-3)15(12)11-31-26-13(2)18-16(21(23,24)25)9-6-10-17(18)22/h5-10H,11H2,1-4H3/b26-13+,27-19+. The molecule has 6 nitrogen and oxygen atoms in total. The Morgan fingerprint density at radius 1 is 1.13 bits per heavy atom. The van der Waals surface area contributed by atoms with Crippen LogP contribution < -0.4 is 0 Å². The average Bonchev–Trinajstić information content (AvgIpc) is 2.71. The number of halogens is 4. The van der Waals surface area contributed by atoms with Crippen molar-refractivity contribution in [3.05, 3.63) is 70.0 Å². The molecule has 0 N–H and O–H groups in total. The Labute approximate surface area is 191 Å². The van der Waals surface area contributed by atoms with Gasteiger partial charge in [0.25, 0.3) is 0 Å². The van der Waals surface area contributed by atoms with Crippen molar-refractivity contribution in [3.8, 4) is 0 Å². The van der Waals surface area contributed by atoms with Crippen molar-refractivity contribution in [2.24, 2.45) is 10.3 Å². The molecule has 0 radical (unpaired) electrons. The number of methoxy groups -OCH3 is 1. The first kappa shape index (κ1) is 24.6. The Morgan fingerprint density at radius 3 is 2.42 bits per heavy atom. The Bertz CT molecular complexity index is 1020. The molecule has 0 amide bonds. The van der Waals surface area contributed by atoms with Gasteiger partial charge in [-0.1, -0.05) is 40.6 Å². The van der Waals surface area contributed by atoms with Gasteiger partial charge in [0, 0.05) is 44.8 Å². The van der Waals surface area contributed by atoms with Gasteiger partial charge in [-0.25, -0.2) is 9.18 Å². The van der Waals surface area contributed by atoms with Crippen molar-refractivity contribution in [1.29, 1.82) is 0 Å². The Morgan fingerprint density at radius 2 is 1.81 bits per heavy atom. The summed E-state index contributed by atoms with van der Waals surface area (Å²) in [5.74, 6) is -1.55. The number of oxime groups is 2. The predicted molar refractivity (Wildman–Crippen MR) is 118 cm³/mol. The minimum absolute atomic E-state index is 0.0571. The zero-order valence-electron chi connectivity index (χ0n) is 17.2. The molecule has 0 saturated carbocycles. The molecule has 0 fully saturated rings. The number of alkyl halides is 3. The van der Waals surface area contributed by atoms with E-state index in [9.17, 15) is 18.0 Å². The molecule has 0 heterocycles. The van der Waals surface area contributed by atoms with Crippen LogP contribution >= 0.6 is 22.6 Å². The van der Waals surface area contributed by atoms with Crippen molar-refractivity contribution < 1.29 is 32.4 Å². The third-order valence-electron chi connectivity index (χ3n) is 4.32. The van der Waals surface area contributed by atoms with Gasteiger partial charge in [-0.15, -0.1) is 0 Å². The molecule has 0 saturated heterocycles. The molecule has 0 bridgehead atoms. The van der Waals surface area contributed by atoms with Gasteiger partial charge < -0.3 is 14.4 Å². The van der Waals surface area contributed by atoms with Crippen molar-refractivity contribution in [3.63, 3.8) is 0 Å². The molecular formula is C21H20F3IN2O4. The van der Waals surface area contributed by atoms with E-state index in [4.69, 9.17) is 14.4 Å². The van der Waals surface area contributed by atoms with E-state index in [-0.39, 0.29) is 23.6 Å². The van der Waals surface area contributed by atoms with E-state index in [1.807, 2.05) is 0 Å². The smallest absolute Gasteiger partial charge is 0.360 e. The molecular weight excluding hydrogens is 528 g/mol. The first-order valence-electron chi connectivity index (χ1n) is 8.92. The maximum Gasteiger partial charge on any atom is 0.360 e. The number of rotatable bonds is 8. The van der Waals surface area contributed by atoms with Gasteiger partial charge in [0.2, 0.25) is 0 Å². The Balaban J connectivity index is 2.38. The van der Waals surface area contributed by atoms with E-state index in [1.165, 1.54) is 27.2 Å². The second-order valence-electron chi connectivity index (χ2n) is 6.33. The number of esters is 1. The summed E-state index contributed by atoms with van der Waals surface area (Å²) < 4.78 is 43.5. The lowest BCUT2D eigenvalue weighted by atomic mass is 9.99. The normalized spacial score (nSPS) is 12.5. The highest BCUT2D eigenvalue weighted by Gasteiger charge is 2.32. The average molecular weight is 548 g/mol. The molecule has 2 aromatic rings. The lowest BCUT2D eigenvalue weighted by molar-refractivity contribution is -0.132. The fourth-order valence-corrected chi connectivity index (χ4v) is 3.32. The Kier molecular flexibility index (Phi) is 8.43. The van der Waals surface area contributed by atoms with Crippen LogP contribution in [-0.4, -0.2) is 31.6 Å². The summed E-state index contributed by atoms with van der Waals surface area (Å²) in [4.78, 5) is 22.2. The van der Waals surface area contributed by atoms with Crippen LogP contribution in [0.5, 0.6) is 0 Å². The van der Waals surface area contributed by atoms with Gasteiger partial charge in [0.1, 0.15) is 19.5 Å². The molecule has 0 aromatic heterocycles. The molecule has 0 aliphatic carbocycles. The molecule has 2 aromatic carbocycles. The monoisotopic (exact) mass is 548 g/mol. The number of hydrogen-bond donors (Lipinski definition) is 0. The highest BCUT2D eigenvalue weighted by Crippen LogP contribution is 2.38. The maximum atomic E-state index is 14.3. The lowest BCUT2D eigenvalue weighted by Gasteiger charge is -2.15. The van der Waals surface area contributed by atoms with Crippen LogP contribution in [0.4, 0.5) is 13.2 Å². The molecule has 2 rings (SSSR count). The Hall–Kier alpha value is -2.63. The summed E-state index contributed by atoms with van der Waals surface area (Å²) in [6.45, 7) is 3.02. The minimum atomic E-state index is -3.29. The number of aryl methyl sites for hydroxylation is 1. The van der Waals surface area contributed by atoms with Gasteiger partial charge in [-0.05, 0) is 25.5 Å². The van der Waals surface area contributed by atoms with Gasteiger partial charge in [-0.3, -0.25) is 0 Å². The lowest BCUT2D eigenvalue weighted by Crippen LogP contribution is -2.20. The van der Waals surface area contributed by atoms with E-state index in [2.05, 4.69) is 10.3 Å². The van der Waals surface area contributed by atoms with Crippen molar-refractivity contribution in [2.45, 2.75) is 24.4 Å². The number of nitrogens with zero attached hydrogens (tertiary/aromatic N) is 2. The number of hydrogen-bond acceptors (Lipinski definition) is 6. The summed E-state index contributed by atoms with van der Waals surface area (Å²) in [6, 6.07) is 8.54. The first-order chi connectivity index (χ1) is 14.6. The van der Waals surface area contributed by atoms with Crippen LogP contribution in [0.25, 0.3) is 0 Å². The molecule has 10 heteroatoms. The fraction of sp³-hybridized carbons (Fsp3) is 0.286. The van der Waals surface area contributed by atoms with Gasteiger partial charge in [-0.2, -0.15) is 8.78 Å². The van der Waals surface area contributed by atoms with Crippen LogP contribution in [0, 0.1) is 12.7 Å². The van der Waals surface area contributed by atoms with E-state index in [0.717, 1.165) is 40.3 Å².